The number of piperidine rings is 1. The zero-order valence-corrected chi connectivity index (χ0v) is 12.6. The number of β-amino-alcohol motifs (C(OH)–C–C–N with tert-alkyl or cyclic N) is 1. The van der Waals surface area contributed by atoms with Crippen LogP contribution in [-0.2, 0) is 6.54 Å². The first-order valence-electron chi connectivity index (χ1n) is 7.57. The highest BCUT2D eigenvalue weighted by Crippen LogP contribution is 2.18. The van der Waals surface area contributed by atoms with Gasteiger partial charge in [0.05, 0.1) is 11.8 Å². The van der Waals surface area contributed by atoms with Gasteiger partial charge in [0.15, 0.2) is 0 Å². The summed E-state index contributed by atoms with van der Waals surface area (Å²) in [5, 5.41) is 19.2. The lowest BCUT2D eigenvalue weighted by molar-refractivity contribution is -0.00478. The van der Waals surface area contributed by atoms with Crippen LogP contribution in [0.15, 0.2) is 29.2 Å². The summed E-state index contributed by atoms with van der Waals surface area (Å²) in [5.74, 6) is -0.0471. The molecule has 0 amide bonds. The minimum atomic E-state index is -0.525. The Labute approximate surface area is 128 Å². The Morgan fingerprint density at radius 2 is 2.23 bits per heavy atom. The molecular weight excluding hydrogens is 282 g/mol. The van der Waals surface area contributed by atoms with Crippen LogP contribution in [0.3, 0.4) is 0 Å². The Hall–Kier alpha value is -1.76. The number of hydrogen-bond acceptors (Lipinski definition) is 5. The van der Waals surface area contributed by atoms with Gasteiger partial charge in [-0.2, -0.15) is 0 Å². The number of fused-ring (bicyclic) bond motifs is 1. The molecule has 0 saturated carbocycles. The molecule has 6 heteroatoms. The van der Waals surface area contributed by atoms with E-state index in [1.54, 1.807) is 12.3 Å². The molecule has 0 aliphatic carbocycles. The number of aromatic nitrogens is 2. The zero-order chi connectivity index (χ0) is 15.7. The van der Waals surface area contributed by atoms with Crippen molar-refractivity contribution >= 4 is 5.65 Å². The van der Waals surface area contributed by atoms with Crippen molar-refractivity contribution in [3.8, 4) is 0 Å². The maximum Gasteiger partial charge on any atom is 0.258 e. The maximum atomic E-state index is 12.1. The van der Waals surface area contributed by atoms with Gasteiger partial charge in [0.2, 0.25) is 0 Å². The lowest BCUT2D eigenvalue weighted by atomic mass is 9.95. The summed E-state index contributed by atoms with van der Waals surface area (Å²) in [7, 11) is 0. The summed E-state index contributed by atoms with van der Waals surface area (Å²) in [6, 6.07) is 5.32. The van der Waals surface area contributed by atoms with E-state index in [9.17, 15) is 15.0 Å². The number of aliphatic hydroxyl groups excluding tert-OH is 2. The number of pyridine rings is 1. The van der Waals surface area contributed by atoms with Gasteiger partial charge in [0.25, 0.3) is 5.56 Å². The van der Waals surface area contributed by atoms with E-state index in [0.29, 0.717) is 24.4 Å². The van der Waals surface area contributed by atoms with Gasteiger partial charge in [-0.25, -0.2) is 4.98 Å². The zero-order valence-electron chi connectivity index (χ0n) is 12.6. The molecule has 2 aromatic rings. The van der Waals surface area contributed by atoms with E-state index in [-0.39, 0.29) is 18.1 Å². The van der Waals surface area contributed by atoms with Crippen LogP contribution in [0.2, 0.25) is 0 Å². The average Bonchev–Trinajstić information content (AvgIpc) is 2.47. The van der Waals surface area contributed by atoms with Crippen molar-refractivity contribution in [2.24, 2.45) is 5.92 Å². The number of nitrogens with zero attached hydrogens (tertiary/aromatic N) is 3. The third-order valence-corrected chi connectivity index (χ3v) is 4.30. The summed E-state index contributed by atoms with van der Waals surface area (Å²) >= 11 is 0. The van der Waals surface area contributed by atoms with Crippen molar-refractivity contribution in [1.82, 2.24) is 14.3 Å². The van der Waals surface area contributed by atoms with E-state index >= 15 is 0 Å². The molecular formula is C16H21N3O3. The molecule has 118 valence electrons. The summed E-state index contributed by atoms with van der Waals surface area (Å²) < 4.78 is 1.53. The van der Waals surface area contributed by atoms with E-state index in [1.807, 2.05) is 19.1 Å². The molecule has 3 heterocycles. The van der Waals surface area contributed by atoms with E-state index in [0.717, 1.165) is 18.5 Å². The van der Waals surface area contributed by atoms with E-state index in [1.165, 1.54) is 4.40 Å². The largest absolute Gasteiger partial charge is 0.396 e. The Morgan fingerprint density at radius 3 is 2.95 bits per heavy atom. The summed E-state index contributed by atoms with van der Waals surface area (Å²) in [6.45, 7) is 3.81. The monoisotopic (exact) mass is 303 g/mol. The Morgan fingerprint density at radius 1 is 1.41 bits per heavy atom. The summed E-state index contributed by atoms with van der Waals surface area (Å²) in [6.07, 6.45) is 1.96. The van der Waals surface area contributed by atoms with Crippen LogP contribution >= 0.6 is 0 Å². The van der Waals surface area contributed by atoms with Gasteiger partial charge < -0.3 is 10.2 Å². The molecule has 2 unspecified atom stereocenters. The van der Waals surface area contributed by atoms with Gasteiger partial charge in [0.1, 0.15) is 5.65 Å². The SMILES string of the molecule is Cc1ccn2c(=O)cc(CN3CCC(CO)C(O)C3)nc2c1. The van der Waals surface area contributed by atoms with Gasteiger partial charge in [-0.15, -0.1) is 0 Å². The first kappa shape index (κ1) is 15.1. The first-order chi connectivity index (χ1) is 10.6. The van der Waals surface area contributed by atoms with Gasteiger partial charge in [-0.3, -0.25) is 14.1 Å². The van der Waals surface area contributed by atoms with E-state index in [4.69, 9.17) is 0 Å². The topological polar surface area (TPSA) is 78.1 Å². The molecule has 0 bridgehead atoms. The average molecular weight is 303 g/mol. The maximum absolute atomic E-state index is 12.1. The summed E-state index contributed by atoms with van der Waals surface area (Å²) in [4.78, 5) is 18.8. The third-order valence-electron chi connectivity index (χ3n) is 4.30. The summed E-state index contributed by atoms with van der Waals surface area (Å²) in [5.41, 5.74) is 2.33. The van der Waals surface area contributed by atoms with Crippen LogP contribution in [0.1, 0.15) is 17.7 Å². The van der Waals surface area contributed by atoms with Crippen LogP contribution in [-0.4, -0.2) is 50.3 Å². The minimum absolute atomic E-state index is 0.0177. The molecule has 3 rings (SSSR count). The second kappa shape index (κ2) is 6.16. The molecule has 1 saturated heterocycles. The highest BCUT2D eigenvalue weighted by atomic mass is 16.3. The van der Waals surface area contributed by atoms with Gasteiger partial charge in [0, 0.05) is 37.9 Å². The van der Waals surface area contributed by atoms with Crippen molar-refractivity contribution < 1.29 is 10.2 Å². The van der Waals surface area contributed by atoms with Crippen molar-refractivity contribution in [2.45, 2.75) is 26.0 Å². The molecule has 2 aromatic heterocycles. The number of rotatable bonds is 3. The van der Waals surface area contributed by atoms with Crippen LogP contribution in [0.4, 0.5) is 0 Å². The van der Waals surface area contributed by atoms with Crippen molar-refractivity contribution in [1.29, 1.82) is 0 Å². The molecule has 1 fully saturated rings. The molecule has 1 aliphatic rings. The van der Waals surface area contributed by atoms with Crippen LogP contribution in [0.5, 0.6) is 0 Å². The fourth-order valence-electron chi connectivity index (χ4n) is 2.97. The van der Waals surface area contributed by atoms with Crippen LogP contribution < -0.4 is 5.56 Å². The lowest BCUT2D eigenvalue weighted by Crippen LogP contribution is -2.44. The first-order valence-corrected chi connectivity index (χ1v) is 7.57. The normalized spacial score (nSPS) is 23.0. The standard InChI is InChI=1S/C16H21N3O3/c1-11-2-5-19-15(6-11)17-13(7-16(19)22)8-18-4-3-12(10-20)14(21)9-18/h2,5-7,12,14,20-21H,3-4,8-10H2,1H3. The Bertz CT molecular complexity index is 728. The highest BCUT2D eigenvalue weighted by molar-refractivity contribution is 5.41. The number of hydrogen-bond donors (Lipinski definition) is 2. The molecule has 6 nitrogen and oxygen atoms in total. The molecule has 1 aliphatic heterocycles. The molecule has 0 radical (unpaired) electrons. The van der Waals surface area contributed by atoms with Crippen LogP contribution in [0, 0.1) is 12.8 Å². The number of likely N-dealkylation sites (tertiary alicyclic amines) is 1. The predicted octanol–water partition coefficient (Wildman–Crippen LogP) is 0.178. The Kier molecular flexibility index (Phi) is 4.24. The fraction of sp³-hybridized carbons (Fsp3) is 0.500. The molecule has 2 N–H and O–H groups in total. The number of aryl methyl sites for hydroxylation is 1. The van der Waals surface area contributed by atoms with Crippen molar-refractivity contribution in [3.05, 3.63) is 46.0 Å². The van der Waals surface area contributed by atoms with Gasteiger partial charge in [-0.1, -0.05) is 0 Å². The quantitative estimate of drug-likeness (QED) is 0.845. The van der Waals surface area contributed by atoms with Gasteiger partial charge >= 0.3 is 0 Å². The molecule has 0 spiro atoms. The number of aliphatic hydroxyl groups is 2. The van der Waals surface area contributed by atoms with E-state index < -0.39 is 6.10 Å². The highest BCUT2D eigenvalue weighted by Gasteiger charge is 2.27. The smallest absolute Gasteiger partial charge is 0.258 e. The fourth-order valence-corrected chi connectivity index (χ4v) is 2.97. The second-order valence-corrected chi connectivity index (χ2v) is 6.05. The lowest BCUT2D eigenvalue weighted by Gasteiger charge is -2.34. The molecule has 0 aromatic carbocycles. The molecule has 2 atom stereocenters. The van der Waals surface area contributed by atoms with Crippen molar-refractivity contribution in [2.75, 3.05) is 19.7 Å². The Balaban J connectivity index is 1.81. The minimum Gasteiger partial charge on any atom is -0.396 e. The molecule has 22 heavy (non-hydrogen) atoms. The predicted molar refractivity (Wildman–Crippen MR) is 82.7 cm³/mol. The van der Waals surface area contributed by atoms with E-state index in [2.05, 4.69) is 9.88 Å². The van der Waals surface area contributed by atoms with Crippen LogP contribution in [0.25, 0.3) is 5.65 Å². The van der Waals surface area contributed by atoms with Crippen molar-refractivity contribution in [3.63, 3.8) is 0 Å². The second-order valence-electron chi connectivity index (χ2n) is 6.05. The third kappa shape index (κ3) is 3.04. The van der Waals surface area contributed by atoms with Gasteiger partial charge in [-0.05, 0) is 37.6 Å².